The number of aliphatic hydroxyl groups is 2. The van der Waals surface area contributed by atoms with Crippen LogP contribution in [0.2, 0.25) is 0 Å². The van der Waals surface area contributed by atoms with E-state index in [4.69, 9.17) is 15.3 Å². The maximum atomic E-state index is 10.2. The number of carboxylic acids is 3. The molecule has 0 heterocycles. The van der Waals surface area contributed by atoms with Gasteiger partial charge in [-0.15, -0.1) is 0 Å². The number of carbonyl (C=O) groups excluding carboxylic acids is 2. The second kappa shape index (κ2) is 48.1. The molecule has 0 aromatic carbocycles. The van der Waals surface area contributed by atoms with Gasteiger partial charge in [0.15, 0.2) is 0 Å². The topological polar surface area (TPSA) is 158 Å². The van der Waals surface area contributed by atoms with Crippen LogP contribution in [0.1, 0.15) is 252 Å². The Morgan fingerprint density at radius 1 is 0.385 bits per heavy atom. The molecule has 52 heavy (non-hydrogen) atoms. The van der Waals surface area contributed by atoms with Crippen molar-refractivity contribution in [3.63, 3.8) is 0 Å². The molecule has 0 aromatic rings. The fourth-order valence-corrected chi connectivity index (χ4v) is 6.01. The van der Waals surface area contributed by atoms with Crippen LogP contribution in [0, 0.1) is 0 Å². The molecule has 3 N–H and O–H groups in total. The second-order valence-electron chi connectivity index (χ2n) is 14.7. The minimum atomic E-state index is -2.53. The van der Waals surface area contributed by atoms with E-state index in [1.807, 2.05) is 6.92 Å². The number of carboxylic acid groups (broad SMARTS) is 3. The molecule has 9 heteroatoms. The number of rotatable bonds is 37. The molecular weight excluding hydrogens is 669 g/mol. The summed E-state index contributed by atoms with van der Waals surface area (Å²) in [5.41, 5.74) is 0. The van der Waals surface area contributed by atoms with Crippen molar-refractivity contribution in [2.24, 2.45) is 0 Å². The van der Waals surface area contributed by atoms with Gasteiger partial charge in [0, 0.05) is 18.4 Å². The predicted molar refractivity (Wildman–Crippen MR) is 214 cm³/mol. The summed E-state index contributed by atoms with van der Waals surface area (Å²) in [6.07, 6.45) is 41.9. The predicted octanol–water partition coefficient (Wildman–Crippen LogP) is 9.95. The van der Waals surface area contributed by atoms with Crippen LogP contribution in [0.25, 0.3) is 0 Å². The Morgan fingerprint density at radius 3 is 0.769 bits per heavy atom. The summed E-state index contributed by atoms with van der Waals surface area (Å²) in [6, 6.07) is 0. The Kier molecular flexibility index (Phi) is 53.5. The molecule has 0 bridgehead atoms. The number of hydrogen-bond acceptors (Lipinski definition) is 7. The number of hydrogen-bond donors (Lipinski definition) is 3. The number of unbranched alkanes of at least 4 members (excludes halogenated alkanes) is 30. The van der Waals surface area contributed by atoms with E-state index >= 15 is 0 Å². The summed E-state index contributed by atoms with van der Waals surface area (Å²) >= 11 is 0. The molecule has 0 radical (unpaired) electrons. The Balaban J connectivity index is -0.000000344. The van der Waals surface area contributed by atoms with E-state index in [9.17, 15) is 24.6 Å². The first-order valence-electron chi connectivity index (χ1n) is 21.6. The van der Waals surface area contributed by atoms with E-state index in [1.54, 1.807) is 0 Å². The van der Waals surface area contributed by atoms with E-state index in [-0.39, 0.29) is 42.3 Å². The SMILES string of the molecule is CCCCCC(O)(O)C(=O)O.CCCCCCCCCCCCCCCCCC(=O)[O-].CCCCCCCCCCCCCCCCCC(=O)[O-].[Mg+2]. The molecule has 0 fully saturated rings. The third-order valence-corrected chi connectivity index (χ3v) is 9.44. The van der Waals surface area contributed by atoms with Crippen molar-refractivity contribution < 1.29 is 39.9 Å². The Bertz CT molecular complexity index is 688. The van der Waals surface area contributed by atoms with E-state index < -0.39 is 23.7 Å². The Labute approximate surface area is 337 Å². The van der Waals surface area contributed by atoms with Crippen LogP contribution in [-0.2, 0) is 14.4 Å². The van der Waals surface area contributed by atoms with E-state index in [1.165, 1.54) is 167 Å². The van der Waals surface area contributed by atoms with Gasteiger partial charge in [-0.1, -0.05) is 213 Å². The van der Waals surface area contributed by atoms with Crippen molar-refractivity contribution in [1.29, 1.82) is 0 Å². The van der Waals surface area contributed by atoms with Crippen molar-refractivity contribution in [2.75, 3.05) is 0 Å². The normalized spacial score (nSPS) is 10.8. The first-order chi connectivity index (χ1) is 24.5. The standard InChI is InChI=1S/2C18H36O2.C7H14O4.Mg/c2*1-2-3-4-5-6-7-8-9-10-11-12-13-14-15-16-17-18(19)20;1-2-3-4-5-7(10,11)6(8)9;/h2*2-17H2,1H3,(H,19,20);10-11H,2-5H2,1H3,(H,8,9);/q;;;+2/p-2. The average Bonchev–Trinajstić information content (AvgIpc) is 3.08. The zero-order valence-electron chi connectivity index (χ0n) is 34.5. The van der Waals surface area contributed by atoms with Crippen molar-refractivity contribution in [2.45, 2.75) is 258 Å². The largest absolute Gasteiger partial charge is 2.00 e. The van der Waals surface area contributed by atoms with Crippen molar-refractivity contribution >= 4 is 41.0 Å². The summed E-state index contributed by atoms with van der Waals surface area (Å²) in [5, 5.41) is 46.2. The molecule has 0 rings (SSSR count). The number of carbonyl (C=O) groups is 3. The van der Waals surface area contributed by atoms with Gasteiger partial charge in [0.1, 0.15) is 0 Å². The molecule has 0 aliphatic carbocycles. The van der Waals surface area contributed by atoms with Crippen molar-refractivity contribution in [3.05, 3.63) is 0 Å². The van der Waals surface area contributed by atoms with Crippen LogP contribution in [0.5, 0.6) is 0 Å². The molecule has 0 aliphatic rings. The van der Waals surface area contributed by atoms with E-state index in [0.717, 1.165) is 38.5 Å². The number of aliphatic carboxylic acids is 3. The molecule has 8 nitrogen and oxygen atoms in total. The minimum Gasteiger partial charge on any atom is -0.550 e. The Hall–Kier alpha value is -0.904. The van der Waals surface area contributed by atoms with Crippen LogP contribution in [0.15, 0.2) is 0 Å². The Morgan fingerprint density at radius 2 is 0.577 bits per heavy atom. The van der Waals surface area contributed by atoms with Gasteiger partial charge in [0.05, 0.1) is 0 Å². The van der Waals surface area contributed by atoms with Gasteiger partial charge in [0.2, 0.25) is 0 Å². The monoisotopic (exact) mass is 753 g/mol. The van der Waals surface area contributed by atoms with Gasteiger partial charge in [-0.3, -0.25) is 0 Å². The molecule has 0 atom stereocenters. The third kappa shape index (κ3) is 55.8. The molecule has 0 amide bonds. The van der Waals surface area contributed by atoms with E-state index in [0.29, 0.717) is 6.42 Å². The van der Waals surface area contributed by atoms with Gasteiger partial charge in [-0.2, -0.15) is 0 Å². The fourth-order valence-electron chi connectivity index (χ4n) is 6.01. The summed E-state index contributed by atoms with van der Waals surface area (Å²) in [5.74, 6) is -5.91. The minimum absolute atomic E-state index is 0. The molecule has 0 aliphatic heterocycles. The van der Waals surface area contributed by atoms with Crippen molar-refractivity contribution in [1.82, 2.24) is 0 Å². The third-order valence-electron chi connectivity index (χ3n) is 9.44. The second-order valence-corrected chi connectivity index (χ2v) is 14.7. The van der Waals surface area contributed by atoms with Gasteiger partial charge < -0.3 is 35.1 Å². The van der Waals surface area contributed by atoms with Crippen LogP contribution < -0.4 is 10.2 Å². The maximum Gasteiger partial charge on any atom is 2.00 e. The van der Waals surface area contributed by atoms with E-state index in [2.05, 4.69) is 13.8 Å². The molecule has 0 saturated heterocycles. The van der Waals surface area contributed by atoms with Crippen LogP contribution >= 0.6 is 0 Å². The van der Waals surface area contributed by atoms with Crippen LogP contribution in [0.3, 0.4) is 0 Å². The summed E-state index contributed by atoms with van der Waals surface area (Å²) in [4.78, 5) is 30.6. The average molecular weight is 753 g/mol. The smallest absolute Gasteiger partial charge is 0.550 e. The molecule has 306 valence electrons. The maximum absolute atomic E-state index is 10.2. The molecule has 0 spiro atoms. The summed E-state index contributed by atoms with van der Waals surface area (Å²) in [7, 11) is 0. The molecular formula is C43H84MgO8. The molecule has 0 unspecified atom stereocenters. The van der Waals surface area contributed by atoms with Crippen molar-refractivity contribution in [3.8, 4) is 0 Å². The molecule has 0 saturated carbocycles. The van der Waals surface area contributed by atoms with Gasteiger partial charge in [0.25, 0.3) is 5.79 Å². The quantitative estimate of drug-likeness (QED) is 0.0321. The summed E-state index contributed by atoms with van der Waals surface area (Å²) < 4.78 is 0. The zero-order chi connectivity index (χ0) is 38.7. The van der Waals surface area contributed by atoms with Gasteiger partial charge in [-0.25, -0.2) is 4.79 Å². The van der Waals surface area contributed by atoms with Crippen LogP contribution in [0.4, 0.5) is 0 Å². The molecule has 0 aromatic heterocycles. The van der Waals surface area contributed by atoms with Gasteiger partial charge >= 0.3 is 29.0 Å². The first-order valence-corrected chi connectivity index (χ1v) is 21.6. The van der Waals surface area contributed by atoms with Gasteiger partial charge in [-0.05, 0) is 32.1 Å². The summed E-state index contributed by atoms with van der Waals surface area (Å²) in [6.45, 7) is 6.49. The van der Waals surface area contributed by atoms with Crippen LogP contribution in [-0.4, -0.2) is 62.1 Å². The zero-order valence-corrected chi connectivity index (χ0v) is 36.0. The first kappa shape index (κ1) is 57.8. The fraction of sp³-hybridized carbons (Fsp3) is 0.930.